The molecule has 2 rings (SSSR count). The molecule has 0 spiro atoms. The highest BCUT2D eigenvalue weighted by Gasteiger charge is 2.21. The summed E-state index contributed by atoms with van der Waals surface area (Å²) in [7, 11) is 0. The average Bonchev–Trinajstić information content (AvgIpc) is 3.17. The van der Waals surface area contributed by atoms with Crippen molar-refractivity contribution < 1.29 is 9.21 Å². The summed E-state index contributed by atoms with van der Waals surface area (Å²) < 4.78 is 5.44. The first kappa shape index (κ1) is 14.8. The molecule has 0 bridgehead atoms. The summed E-state index contributed by atoms with van der Waals surface area (Å²) >= 11 is 0. The number of rotatable bonds is 9. The van der Waals surface area contributed by atoms with Gasteiger partial charge in [0.15, 0.2) is 0 Å². The van der Waals surface area contributed by atoms with E-state index in [0.29, 0.717) is 37.5 Å². The lowest BCUT2D eigenvalue weighted by atomic mass is 10.3. The van der Waals surface area contributed by atoms with Crippen molar-refractivity contribution in [3.05, 3.63) is 5.89 Å². The van der Waals surface area contributed by atoms with Crippen molar-refractivity contribution in [1.82, 2.24) is 20.4 Å². The molecule has 0 aromatic carbocycles. The maximum atomic E-state index is 11.8. The van der Waals surface area contributed by atoms with Gasteiger partial charge in [-0.2, -0.15) is 0 Å². The number of carbonyl (C=O) groups is 1. The summed E-state index contributed by atoms with van der Waals surface area (Å²) in [4.78, 5) is 13.6. The average molecular weight is 281 g/mol. The molecule has 0 atom stereocenters. The standard InChI is InChI=1S/C13H23N5O2/c1-3-18(4-2)12(19)7-8-14-13-17-16-11(20-13)9-15-10-5-6-10/h10,15H,3-9H2,1-2H3,(H,14,17). The second-order valence-corrected chi connectivity index (χ2v) is 4.90. The van der Waals surface area contributed by atoms with Crippen LogP contribution in [-0.2, 0) is 11.3 Å². The van der Waals surface area contributed by atoms with Crippen LogP contribution in [0.15, 0.2) is 4.42 Å². The Hall–Kier alpha value is -1.63. The molecule has 112 valence electrons. The second kappa shape index (κ2) is 7.23. The predicted octanol–water partition coefficient (Wildman–Crippen LogP) is 0.992. The fraction of sp³-hybridized carbons (Fsp3) is 0.769. The third-order valence-electron chi connectivity index (χ3n) is 3.32. The van der Waals surface area contributed by atoms with E-state index in [-0.39, 0.29) is 5.91 Å². The van der Waals surface area contributed by atoms with Gasteiger partial charge >= 0.3 is 6.01 Å². The lowest BCUT2D eigenvalue weighted by molar-refractivity contribution is -0.130. The fourth-order valence-electron chi connectivity index (χ4n) is 1.93. The first-order chi connectivity index (χ1) is 9.72. The third kappa shape index (κ3) is 4.48. The summed E-state index contributed by atoms with van der Waals surface area (Å²) in [6.45, 7) is 6.56. The summed E-state index contributed by atoms with van der Waals surface area (Å²) in [5.41, 5.74) is 0. The van der Waals surface area contributed by atoms with E-state index in [1.165, 1.54) is 12.8 Å². The van der Waals surface area contributed by atoms with Gasteiger partial charge in [-0.1, -0.05) is 5.10 Å². The van der Waals surface area contributed by atoms with Gasteiger partial charge in [0, 0.05) is 32.1 Å². The van der Waals surface area contributed by atoms with Gasteiger partial charge in [0.2, 0.25) is 11.8 Å². The topological polar surface area (TPSA) is 83.3 Å². The predicted molar refractivity (Wildman–Crippen MR) is 75.2 cm³/mol. The molecule has 1 aliphatic carbocycles. The Bertz CT molecular complexity index is 426. The quantitative estimate of drug-likeness (QED) is 0.702. The Labute approximate surface area is 119 Å². The molecular formula is C13H23N5O2. The van der Waals surface area contributed by atoms with E-state index in [1.807, 2.05) is 13.8 Å². The molecule has 1 aliphatic rings. The van der Waals surface area contributed by atoms with E-state index in [1.54, 1.807) is 4.90 Å². The van der Waals surface area contributed by atoms with Crippen LogP contribution in [0, 0.1) is 0 Å². The molecule has 7 heteroatoms. The minimum atomic E-state index is 0.137. The molecule has 1 saturated carbocycles. The minimum absolute atomic E-state index is 0.137. The fourth-order valence-corrected chi connectivity index (χ4v) is 1.93. The van der Waals surface area contributed by atoms with Crippen LogP contribution in [0.1, 0.15) is 39.0 Å². The Morgan fingerprint density at radius 1 is 1.35 bits per heavy atom. The van der Waals surface area contributed by atoms with Gasteiger partial charge in [-0.15, -0.1) is 5.10 Å². The highest BCUT2D eigenvalue weighted by Crippen LogP contribution is 2.19. The Balaban J connectivity index is 1.66. The number of hydrogen-bond acceptors (Lipinski definition) is 6. The van der Waals surface area contributed by atoms with E-state index < -0.39 is 0 Å². The van der Waals surface area contributed by atoms with Gasteiger partial charge in [-0.25, -0.2) is 0 Å². The second-order valence-electron chi connectivity index (χ2n) is 4.90. The van der Waals surface area contributed by atoms with Crippen molar-refractivity contribution in [2.75, 3.05) is 25.0 Å². The highest BCUT2D eigenvalue weighted by molar-refractivity contribution is 5.76. The van der Waals surface area contributed by atoms with Crippen LogP contribution in [0.2, 0.25) is 0 Å². The minimum Gasteiger partial charge on any atom is -0.407 e. The van der Waals surface area contributed by atoms with Crippen molar-refractivity contribution in [2.45, 2.75) is 45.7 Å². The van der Waals surface area contributed by atoms with Crippen LogP contribution in [0.25, 0.3) is 0 Å². The molecule has 7 nitrogen and oxygen atoms in total. The van der Waals surface area contributed by atoms with Crippen LogP contribution in [0.4, 0.5) is 6.01 Å². The Morgan fingerprint density at radius 2 is 2.10 bits per heavy atom. The Morgan fingerprint density at radius 3 is 2.75 bits per heavy atom. The largest absolute Gasteiger partial charge is 0.407 e. The molecule has 0 saturated heterocycles. The highest BCUT2D eigenvalue weighted by atomic mass is 16.4. The lowest BCUT2D eigenvalue weighted by Gasteiger charge is -2.18. The molecule has 1 aromatic rings. The monoisotopic (exact) mass is 281 g/mol. The molecule has 0 radical (unpaired) electrons. The first-order valence-electron chi connectivity index (χ1n) is 7.30. The number of anilines is 1. The summed E-state index contributed by atoms with van der Waals surface area (Å²) in [5.74, 6) is 0.715. The summed E-state index contributed by atoms with van der Waals surface area (Å²) in [6.07, 6.45) is 2.89. The van der Waals surface area contributed by atoms with Crippen molar-refractivity contribution in [2.24, 2.45) is 0 Å². The van der Waals surface area contributed by atoms with Crippen molar-refractivity contribution in [3.63, 3.8) is 0 Å². The molecule has 0 aliphatic heterocycles. The molecule has 1 heterocycles. The Kier molecular flexibility index (Phi) is 5.34. The third-order valence-corrected chi connectivity index (χ3v) is 3.32. The van der Waals surface area contributed by atoms with Gasteiger partial charge in [0.25, 0.3) is 0 Å². The molecular weight excluding hydrogens is 258 g/mol. The van der Waals surface area contributed by atoms with Crippen LogP contribution in [-0.4, -0.2) is 46.7 Å². The molecule has 1 fully saturated rings. The van der Waals surface area contributed by atoms with Crippen LogP contribution in [0.5, 0.6) is 0 Å². The number of amides is 1. The van der Waals surface area contributed by atoms with Crippen LogP contribution < -0.4 is 10.6 Å². The van der Waals surface area contributed by atoms with Crippen molar-refractivity contribution in [3.8, 4) is 0 Å². The number of hydrogen-bond donors (Lipinski definition) is 2. The summed E-state index contributed by atoms with van der Waals surface area (Å²) in [5, 5.41) is 14.1. The number of nitrogens with zero attached hydrogens (tertiary/aromatic N) is 3. The zero-order valence-corrected chi connectivity index (χ0v) is 12.2. The van der Waals surface area contributed by atoms with Gasteiger partial charge in [-0.3, -0.25) is 4.79 Å². The van der Waals surface area contributed by atoms with Crippen molar-refractivity contribution in [1.29, 1.82) is 0 Å². The van der Waals surface area contributed by atoms with E-state index in [9.17, 15) is 4.79 Å². The number of carbonyl (C=O) groups excluding carboxylic acids is 1. The first-order valence-corrected chi connectivity index (χ1v) is 7.30. The van der Waals surface area contributed by atoms with E-state index >= 15 is 0 Å². The van der Waals surface area contributed by atoms with Crippen molar-refractivity contribution >= 4 is 11.9 Å². The number of aromatic nitrogens is 2. The maximum Gasteiger partial charge on any atom is 0.315 e. The SMILES string of the molecule is CCN(CC)C(=O)CCNc1nnc(CNC2CC2)o1. The van der Waals surface area contributed by atoms with Crippen LogP contribution in [0.3, 0.4) is 0 Å². The van der Waals surface area contributed by atoms with Gasteiger partial charge < -0.3 is 20.0 Å². The van der Waals surface area contributed by atoms with Crippen LogP contribution >= 0.6 is 0 Å². The molecule has 0 unspecified atom stereocenters. The smallest absolute Gasteiger partial charge is 0.315 e. The zero-order chi connectivity index (χ0) is 14.4. The zero-order valence-electron chi connectivity index (χ0n) is 12.2. The molecule has 1 amide bonds. The van der Waals surface area contributed by atoms with E-state index in [2.05, 4.69) is 20.8 Å². The van der Waals surface area contributed by atoms with Gasteiger partial charge in [0.1, 0.15) is 0 Å². The molecule has 1 aromatic heterocycles. The van der Waals surface area contributed by atoms with Gasteiger partial charge in [-0.05, 0) is 26.7 Å². The molecule has 2 N–H and O–H groups in total. The number of nitrogens with one attached hydrogen (secondary N) is 2. The normalized spacial score (nSPS) is 14.3. The summed E-state index contributed by atoms with van der Waals surface area (Å²) in [6, 6.07) is 0.995. The van der Waals surface area contributed by atoms with Gasteiger partial charge in [0.05, 0.1) is 6.54 Å². The van der Waals surface area contributed by atoms with E-state index in [0.717, 1.165) is 13.1 Å². The van der Waals surface area contributed by atoms with E-state index in [4.69, 9.17) is 4.42 Å². The lowest BCUT2D eigenvalue weighted by Crippen LogP contribution is -2.31. The molecule has 20 heavy (non-hydrogen) atoms. The maximum absolute atomic E-state index is 11.8.